The number of carbonyl (C=O) groups is 1. The highest BCUT2D eigenvalue weighted by Gasteiger charge is 2.14. The largest absolute Gasteiger partial charge is 0.491 e. The van der Waals surface area contributed by atoms with E-state index in [0.29, 0.717) is 17.9 Å². The SMILES string of the molecule is CCN(CC)CCNc1ccc([N+](=O)[O-])cc1NC(=O)Cc1ccc(OC(C)C)cc1. The summed E-state index contributed by atoms with van der Waals surface area (Å²) in [7, 11) is 0. The number of ether oxygens (including phenoxy) is 1. The van der Waals surface area contributed by atoms with Crippen LogP contribution >= 0.6 is 0 Å². The number of benzene rings is 2. The lowest BCUT2D eigenvalue weighted by Gasteiger charge is -2.19. The second-order valence-electron chi connectivity index (χ2n) is 7.48. The summed E-state index contributed by atoms with van der Waals surface area (Å²) in [5.74, 6) is 0.502. The smallest absolute Gasteiger partial charge is 0.271 e. The third-order valence-electron chi connectivity index (χ3n) is 4.79. The number of non-ortho nitro benzene ring substituents is 1. The van der Waals surface area contributed by atoms with Crippen LogP contribution in [0.4, 0.5) is 17.1 Å². The highest BCUT2D eigenvalue weighted by molar-refractivity contribution is 5.96. The number of nitro groups is 1. The zero-order valence-corrected chi connectivity index (χ0v) is 18.7. The zero-order chi connectivity index (χ0) is 22.8. The van der Waals surface area contributed by atoms with Crippen molar-refractivity contribution in [2.24, 2.45) is 0 Å². The predicted molar refractivity (Wildman–Crippen MR) is 124 cm³/mol. The number of hydrogen-bond acceptors (Lipinski definition) is 6. The van der Waals surface area contributed by atoms with Crippen LogP contribution in [0.15, 0.2) is 42.5 Å². The summed E-state index contributed by atoms with van der Waals surface area (Å²) < 4.78 is 5.62. The number of hydrogen-bond donors (Lipinski definition) is 2. The molecule has 0 radical (unpaired) electrons. The van der Waals surface area contributed by atoms with Gasteiger partial charge in [0.25, 0.3) is 5.69 Å². The maximum absolute atomic E-state index is 12.6. The number of likely N-dealkylation sites (N-methyl/N-ethyl adjacent to an activating group) is 1. The second kappa shape index (κ2) is 11.9. The van der Waals surface area contributed by atoms with Crippen LogP contribution in [0.5, 0.6) is 5.75 Å². The first-order valence-electron chi connectivity index (χ1n) is 10.6. The highest BCUT2D eigenvalue weighted by Crippen LogP contribution is 2.27. The Bertz CT molecular complexity index is 864. The summed E-state index contributed by atoms with van der Waals surface area (Å²) in [6.45, 7) is 11.5. The second-order valence-corrected chi connectivity index (χ2v) is 7.48. The van der Waals surface area contributed by atoms with E-state index in [0.717, 1.165) is 30.9 Å². The molecule has 1 amide bonds. The zero-order valence-electron chi connectivity index (χ0n) is 18.7. The number of rotatable bonds is 12. The minimum Gasteiger partial charge on any atom is -0.491 e. The third kappa shape index (κ3) is 7.90. The first kappa shape index (κ1) is 24.1. The number of nitrogens with one attached hydrogen (secondary N) is 2. The Morgan fingerprint density at radius 1 is 1.10 bits per heavy atom. The molecule has 0 aromatic heterocycles. The van der Waals surface area contributed by atoms with Crippen molar-refractivity contribution < 1.29 is 14.5 Å². The summed E-state index contributed by atoms with van der Waals surface area (Å²) in [4.78, 5) is 25.6. The molecule has 0 aliphatic carbocycles. The quantitative estimate of drug-likeness (QED) is 0.386. The summed E-state index contributed by atoms with van der Waals surface area (Å²) in [6, 6.07) is 11.8. The molecule has 0 unspecified atom stereocenters. The first-order valence-corrected chi connectivity index (χ1v) is 10.6. The van der Waals surface area contributed by atoms with Crippen LogP contribution in [0.3, 0.4) is 0 Å². The molecule has 2 aromatic rings. The minimum absolute atomic E-state index is 0.0696. The van der Waals surface area contributed by atoms with Crippen molar-refractivity contribution in [2.45, 2.75) is 40.2 Å². The molecule has 0 aliphatic heterocycles. The highest BCUT2D eigenvalue weighted by atomic mass is 16.6. The molecule has 0 fully saturated rings. The fourth-order valence-electron chi connectivity index (χ4n) is 3.13. The molecule has 2 N–H and O–H groups in total. The fourth-order valence-corrected chi connectivity index (χ4v) is 3.13. The number of anilines is 2. The summed E-state index contributed by atoms with van der Waals surface area (Å²) in [5, 5.41) is 17.3. The molecule has 31 heavy (non-hydrogen) atoms. The molecule has 8 nitrogen and oxygen atoms in total. The van der Waals surface area contributed by atoms with Crippen LogP contribution in [0.1, 0.15) is 33.3 Å². The molecular formula is C23H32N4O4. The molecular weight excluding hydrogens is 396 g/mol. The third-order valence-corrected chi connectivity index (χ3v) is 4.79. The monoisotopic (exact) mass is 428 g/mol. The molecule has 2 aromatic carbocycles. The van der Waals surface area contributed by atoms with Gasteiger partial charge in [-0.2, -0.15) is 0 Å². The van der Waals surface area contributed by atoms with Gasteiger partial charge in [-0.1, -0.05) is 26.0 Å². The van der Waals surface area contributed by atoms with E-state index in [1.807, 2.05) is 38.1 Å². The van der Waals surface area contributed by atoms with Gasteiger partial charge in [0.1, 0.15) is 5.75 Å². The van der Waals surface area contributed by atoms with Gasteiger partial charge >= 0.3 is 0 Å². The standard InChI is InChI=1S/C23H32N4O4/c1-5-26(6-2)14-13-24-21-12-9-19(27(29)30)16-22(21)25-23(28)15-18-7-10-20(11-8-18)31-17(3)4/h7-12,16-17,24H,5-6,13-15H2,1-4H3,(H,25,28). The summed E-state index contributed by atoms with van der Waals surface area (Å²) >= 11 is 0. The Balaban J connectivity index is 2.07. The Morgan fingerprint density at radius 2 is 1.77 bits per heavy atom. The first-order chi connectivity index (χ1) is 14.8. The van der Waals surface area contributed by atoms with Crippen molar-refractivity contribution in [1.29, 1.82) is 0 Å². The maximum atomic E-state index is 12.6. The Hall–Kier alpha value is -3.13. The Morgan fingerprint density at radius 3 is 2.35 bits per heavy atom. The van der Waals surface area contributed by atoms with Crippen LogP contribution in [0.2, 0.25) is 0 Å². The van der Waals surface area contributed by atoms with E-state index in [9.17, 15) is 14.9 Å². The number of nitrogens with zero attached hydrogens (tertiary/aromatic N) is 2. The average Bonchev–Trinajstić information content (AvgIpc) is 2.73. The van der Waals surface area contributed by atoms with Crippen LogP contribution in [-0.4, -0.2) is 48.0 Å². The van der Waals surface area contributed by atoms with E-state index in [1.54, 1.807) is 6.07 Å². The fraction of sp³-hybridized carbons (Fsp3) is 0.435. The van der Waals surface area contributed by atoms with Crippen molar-refractivity contribution in [2.75, 3.05) is 36.8 Å². The van der Waals surface area contributed by atoms with Gasteiger partial charge in [-0.3, -0.25) is 14.9 Å². The molecule has 8 heteroatoms. The number of nitro benzene ring substituents is 1. The van der Waals surface area contributed by atoms with Gasteiger partial charge in [0.2, 0.25) is 5.91 Å². The maximum Gasteiger partial charge on any atom is 0.271 e. The van der Waals surface area contributed by atoms with Gasteiger partial charge < -0.3 is 20.3 Å². The van der Waals surface area contributed by atoms with Gasteiger partial charge in [-0.15, -0.1) is 0 Å². The van der Waals surface area contributed by atoms with E-state index in [4.69, 9.17) is 4.74 Å². The number of amides is 1. The van der Waals surface area contributed by atoms with E-state index >= 15 is 0 Å². The molecule has 0 atom stereocenters. The van der Waals surface area contributed by atoms with Gasteiger partial charge in [-0.05, 0) is 50.7 Å². The molecule has 0 aliphatic rings. The van der Waals surface area contributed by atoms with E-state index in [1.165, 1.54) is 12.1 Å². The van der Waals surface area contributed by atoms with Crippen molar-refractivity contribution in [3.05, 3.63) is 58.1 Å². The lowest BCUT2D eigenvalue weighted by Crippen LogP contribution is -2.28. The molecule has 0 spiro atoms. The van der Waals surface area contributed by atoms with Gasteiger partial charge in [0.05, 0.1) is 28.8 Å². The van der Waals surface area contributed by atoms with Gasteiger partial charge in [-0.25, -0.2) is 0 Å². The lowest BCUT2D eigenvalue weighted by atomic mass is 10.1. The van der Waals surface area contributed by atoms with Crippen molar-refractivity contribution >= 4 is 23.0 Å². The van der Waals surface area contributed by atoms with Crippen molar-refractivity contribution in [1.82, 2.24) is 4.90 Å². The van der Waals surface area contributed by atoms with E-state index < -0.39 is 4.92 Å². The molecule has 2 rings (SSSR count). The van der Waals surface area contributed by atoms with Crippen molar-refractivity contribution in [3.63, 3.8) is 0 Å². The molecule has 0 saturated heterocycles. The minimum atomic E-state index is -0.469. The normalized spacial score (nSPS) is 10.9. The number of carbonyl (C=O) groups excluding carboxylic acids is 1. The Labute approximate surface area is 183 Å². The van der Waals surface area contributed by atoms with E-state index in [-0.39, 0.29) is 24.1 Å². The average molecular weight is 429 g/mol. The van der Waals surface area contributed by atoms with Crippen LogP contribution in [0.25, 0.3) is 0 Å². The van der Waals surface area contributed by atoms with E-state index in [2.05, 4.69) is 29.4 Å². The van der Waals surface area contributed by atoms with Crippen LogP contribution in [0, 0.1) is 10.1 Å². The van der Waals surface area contributed by atoms with Gasteiger partial charge in [0.15, 0.2) is 0 Å². The molecule has 168 valence electrons. The topological polar surface area (TPSA) is 96.7 Å². The molecule has 0 bridgehead atoms. The van der Waals surface area contributed by atoms with Crippen LogP contribution < -0.4 is 15.4 Å². The molecule has 0 saturated carbocycles. The Kier molecular flexibility index (Phi) is 9.27. The molecule has 0 heterocycles. The van der Waals surface area contributed by atoms with Gasteiger partial charge in [0, 0.05) is 25.2 Å². The predicted octanol–water partition coefficient (Wildman–Crippen LogP) is 4.32. The van der Waals surface area contributed by atoms with Crippen molar-refractivity contribution in [3.8, 4) is 5.75 Å². The lowest BCUT2D eigenvalue weighted by molar-refractivity contribution is -0.384. The summed E-state index contributed by atoms with van der Waals surface area (Å²) in [5.41, 5.74) is 1.82. The summed E-state index contributed by atoms with van der Waals surface area (Å²) in [6.07, 6.45) is 0.236. The van der Waals surface area contributed by atoms with Crippen LogP contribution in [-0.2, 0) is 11.2 Å².